The van der Waals surface area contributed by atoms with Crippen molar-refractivity contribution in [3.05, 3.63) is 26.7 Å². The van der Waals surface area contributed by atoms with E-state index in [1.54, 1.807) is 0 Å². The Labute approximate surface area is 80.5 Å². The summed E-state index contributed by atoms with van der Waals surface area (Å²) in [6.07, 6.45) is 1.44. The molecule has 0 aliphatic carbocycles. The molecule has 0 unspecified atom stereocenters. The minimum absolute atomic E-state index is 0.206. The van der Waals surface area contributed by atoms with E-state index in [1.807, 2.05) is 6.07 Å². The maximum absolute atomic E-state index is 11.2. The number of aromatic amines is 2. The van der Waals surface area contributed by atoms with Crippen molar-refractivity contribution in [2.24, 2.45) is 0 Å². The minimum atomic E-state index is -0.263. The number of nitrogens with zero attached hydrogens (tertiary/aromatic N) is 2. The molecule has 0 fully saturated rings. The summed E-state index contributed by atoms with van der Waals surface area (Å²) in [6.45, 7) is 0. The molecule has 13 heavy (non-hydrogen) atoms. The van der Waals surface area contributed by atoms with Crippen molar-refractivity contribution in [2.45, 2.75) is 0 Å². The fraction of sp³-hybridized carbons (Fsp3) is 0. The number of aromatic nitrogens is 3. The number of hydrogen-bond donors (Lipinski definition) is 2. The standard InChI is InChI=1S/C7H3BrN4O/c8-6-3(1-9)10-2-4-5(6)7(13)12-11-4/h2H,(H2,11,12,13). The Kier molecular flexibility index (Phi) is 1.67. The molecule has 2 aromatic rings. The summed E-state index contributed by atoms with van der Waals surface area (Å²) in [5, 5.41) is 14.1. The molecule has 0 radical (unpaired) electrons. The molecule has 6 heteroatoms. The fourth-order valence-electron chi connectivity index (χ4n) is 1.07. The Bertz CT molecular complexity index is 562. The molecule has 2 heterocycles. The molecule has 64 valence electrons. The number of hydrogen-bond acceptors (Lipinski definition) is 3. The van der Waals surface area contributed by atoms with Gasteiger partial charge in [-0.1, -0.05) is 0 Å². The third-order valence-electron chi connectivity index (χ3n) is 1.66. The van der Waals surface area contributed by atoms with Gasteiger partial charge < -0.3 is 0 Å². The zero-order chi connectivity index (χ0) is 9.42. The number of halogens is 1. The minimum Gasteiger partial charge on any atom is -0.296 e. The molecule has 0 spiro atoms. The fourth-order valence-corrected chi connectivity index (χ4v) is 1.65. The lowest BCUT2D eigenvalue weighted by Crippen LogP contribution is -1.99. The highest BCUT2D eigenvalue weighted by Gasteiger charge is 2.10. The van der Waals surface area contributed by atoms with Crippen LogP contribution in [0.1, 0.15) is 5.69 Å². The van der Waals surface area contributed by atoms with Gasteiger partial charge in [-0.2, -0.15) is 5.26 Å². The van der Waals surface area contributed by atoms with Crippen LogP contribution in [0.25, 0.3) is 10.9 Å². The van der Waals surface area contributed by atoms with Crippen molar-refractivity contribution in [3.63, 3.8) is 0 Å². The van der Waals surface area contributed by atoms with Gasteiger partial charge in [0.25, 0.3) is 5.56 Å². The maximum atomic E-state index is 11.2. The monoisotopic (exact) mass is 238 g/mol. The van der Waals surface area contributed by atoms with E-state index in [2.05, 4.69) is 31.1 Å². The first kappa shape index (κ1) is 8.01. The van der Waals surface area contributed by atoms with E-state index in [9.17, 15) is 4.79 Å². The summed E-state index contributed by atoms with van der Waals surface area (Å²) < 4.78 is 0.426. The highest BCUT2D eigenvalue weighted by atomic mass is 79.9. The van der Waals surface area contributed by atoms with Crippen LogP contribution in [-0.4, -0.2) is 15.2 Å². The largest absolute Gasteiger partial charge is 0.296 e. The number of nitrogens with one attached hydrogen (secondary N) is 2. The van der Waals surface area contributed by atoms with Crippen LogP contribution in [0.5, 0.6) is 0 Å². The second kappa shape index (κ2) is 2.71. The maximum Gasteiger partial charge on any atom is 0.273 e. The van der Waals surface area contributed by atoms with E-state index in [-0.39, 0.29) is 11.3 Å². The van der Waals surface area contributed by atoms with Gasteiger partial charge in [-0.25, -0.2) is 4.98 Å². The van der Waals surface area contributed by atoms with Crippen LogP contribution in [0.15, 0.2) is 15.5 Å². The third-order valence-corrected chi connectivity index (χ3v) is 2.44. The number of rotatable bonds is 0. The predicted octanol–water partition coefficient (Wildman–Crippen LogP) is 0.885. The molecule has 2 rings (SSSR count). The van der Waals surface area contributed by atoms with Gasteiger partial charge in [0.1, 0.15) is 6.07 Å². The van der Waals surface area contributed by atoms with E-state index >= 15 is 0 Å². The SMILES string of the molecule is N#Cc1ncc2[nH][nH]c(=O)c2c1Br. The zero-order valence-electron chi connectivity index (χ0n) is 6.26. The molecule has 0 aromatic carbocycles. The molecule has 0 amide bonds. The van der Waals surface area contributed by atoms with Crippen LogP contribution in [0.4, 0.5) is 0 Å². The van der Waals surface area contributed by atoms with Crippen molar-refractivity contribution >= 4 is 26.8 Å². The van der Waals surface area contributed by atoms with Crippen molar-refractivity contribution in [1.29, 1.82) is 5.26 Å². The highest BCUT2D eigenvalue weighted by molar-refractivity contribution is 9.10. The van der Waals surface area contributed by atoms with Gasteiger partial charge in [0.2, 0.25) is 0 Å². The van der Waals surface area contributed by atoms with Crippen molar-refractivity contribution in [1.82, 2.24) is 15.2 Å². The summed E-state index contributed by atoms with van der Waals surface area (Å²) in [6, 6.07) is 1.88. The summed E-state index contributed by atoms with van der Waals surface area (Å²) in [5.41, 5.74) is 0.522. The molecule has 0 saturated heterocycles. The van der Waals surface area contributed by atoms with Gasteiger partial charge in [0, 0.05) is 0 Å². The van der Waals surface area contributed by atoms with Gasteiger partial charge >= 0.3 is 0 Å². The van der Waals surface area contributed by atoms with E-state index in [4.69, 9.17) is 5.26 Å². The lowest BCUT2D eigenvalue weighted by molar-refractivity contribution is 1.08. The molecule has 0 saturated carbocycles. The van der Waals surface area contributed by atoms with Gasteiger partial charge in [0.05, 0.1) is 21.6 Å². The van der Waals surface area contributed by atoms with Gasteiger partial charge in [-0.05, 0) is 15.9 Å². The van der Waals surface area contributed by atoms with Crippen LogP contribution >= 0.6 is 15.9 Å². The van der Waals surface area contributed by atoms with E-state index in [1.165, 1.54) is 6.20 Å². The van der Waals surface area contributed by atoms with E-state index in [0.717, 1.165) is 0 Å². The van der Waals surface area contributed by atoms with E-state index < -0.39 is 0 Å². The van der Waals surface area contributed by atoms with Crippen LogP contribution in [0.2, 0.25) is 0 Å². The molecule has 2 aromatic heterocycles. The quantitative estimate of drug-likeness (QED) is 0.715. The van der Waals surface area contributed by atoms with Gasteiger partial charge in [-0.15, -0.1) is 0 Å². The smallest absolute Gasteiger partial charge is 0.273 e. The molecule has 0 atom stereocenters. The Balaban J connectivity index is 3.02. The summed E-state index contributed by atoms with van der Waals surface area (Å²) in [5.74, 6) is 0. The molecule has 5 nitrogen and oxygen atoms in total. The summed E-state index contributed by atoms with van der Waals surface area (Å²) in [7, 11) is 0. The zero-order valence-corrected chi connectivity index (χ0v) is 7.84. The second-order valence-electron chi connectivity index (χ2n) is 2.40. The molecular weight excluding hydrogens is 236 g/mol. The molecule has 2 N–H and O–H groups in total. The Morgan fingerprint density at radius 2 is 2.31 bits per heavy atom. The van der Waals surface area contributed by atoms with Crippen molar-refractivity contribution in [2.75, 3.05) is 0 Å². The Morgan fingerprint density at radius 3 is 3.00 bits per heavy atom. The van der Waals surface area contributed by atoms with Crippen molar-refractivity contribution in [3.8, 4) is 6.07 Å². The average molecular weight is 239 g/mol. The normalized spacial score (nSPS) is 10.2. The van der Waals surface area contributed by atoms with Crippen LogP contribution in [0.3, 0.4) is 0 Å². The first-order valence-electron chi connectivity index (χ1n) is 3.39. The van der Waals surface area contributed by atoms with Crippen LogP contribution in [0, 0.1) is 11.3 Å². The first-order chi connectivity index (χ1) is 6.24. The summed E-state index contributed by atoms with van der Waals surface area (Å²) >= 11 is 3.15. The van der Waals surface area contributed by atoms with Crippen LogP contribution < -0.4 is 5.56 Å². The second-order valence-corrected chi connectivity index (χ2v) is 3.19. The molecule has 0 aliphatic heterocycles. The predicted molar refractivity (Wildman–Crippen MR) is 49.1 cm³/mol. The highest BCUT2D eigenvalue weighted by Crippen LogP contribution is 2.20. The number of H-pyrrole nitrogens is 2. The van der Waals surface area contributed by atoms with Gasteiger partial charge in [0.15, 0.2) is 5.69 Å². The Hall–Kier alpha value is -1.61. The number of pyridine rings is 1. The lowest BCUT2D eigenvalue weighted by atomic mass is 10.3. The van der Waals surface area contributed by atoms with Crippen molar-refractivity contribution < 1.29 is 0 Å². The van der Waals surface area contributed by atoms with Crippen LogP contribution in [-0.2, 0) is 0 Å². The first-order valence-corrected chi connectivity index (χ1v) is 4.18. The third kappa shape index (κ3) is 1.05. The molecule has 0 aliphatic rings. The molecular formula is C7H3BrN4O. The average Bonchev–Trinajstić information content (AvgIpc) is 2.49. The Morgan fingerprint density at radius 1 is 1.54 bits per heavy atom. The summed E-state index contributed by atoms with van der Waals surface area (Å²) in [4.78, 5) is 15.1. The molecule has 0 bridgehead atoms. The van der Waals surface area contributed by atoms with Gasteiger partial charge in [-0.3, -0.25) is 15.0 Å². The van der Waals surface area contributed by atoms with E-state index in [0.29, 0.717) is 15.4 Å². The topological polar surface area (TPSA) is 85.3 Å². The number of nitriles is 1. The number of fused-ring (bicyclic) bond motifs is 1. The lowest BCUT2D eigenvalue weighted by Gasteiger charge is -1.92.